The summed E-state index contributed by atoms with van der Waals surface area (Å²) in [5, 5.41) is 33.8. The smallest absolute Gasteiger partial charge is 0.481 e. The molecule has 0 aromatic heterocycles. The van der Waals surface area contributed by atoms with Gasteiger partial charge in [-0.2, -0.15) is 0 Å². The fourth-order valence-electron chi connectivity index (χ4n) is 0.714. The lowest BCUT2D eigenvalue weighted by Crippen LogP contribution is -2.42. The number of rotatable bonds is 5. The topological polar surface area (TPSA) is 166 Å². The van der Waals surface area contributed by atoms with Gasteiger partial charge in [0.2, 0.25) is 0 Å². The molecule has 0 radical (unpaired) electrons. The zero-order chi connectivity index (χ0) is 13.4. The minimum absolute atomic E-state index is 1.14. The zero-order valence-corrected chi connectivity index (χ0v) is 8.74. The Labute approximate surface area is 90.3 Å². The van der Waals surface area contributed by atoms with Crippen molar-refractivity contribution >= 4 is 27.2 Å². The van der Waals surface area contributed by atoms with Gasteiger partial charge in [0.25, 0.3) is 0 Å². The van der Waals surface area contributed by atoms with Crippen LogP contribution in [-0.4, -0.2) is 53.2 Å². The van der Waals surface area contributed by atoms with E-state index in [-0.39, 0.29) is 0 Å². The van der Waals surface area contributed by atoms with Gasteiger partial charge >= 0.3 is 27.2 Å². The van der Waals surface area contributed by atoms with Gasteiger partial charge in [-0.25, -0.2) is 4.79 Å². The van der Waals surface area contributed by atoms with Crippen LogP contribution >= 0.6 is 0 Å². The van der Waals surface area contributed by atoms with Crippen LogP contribution in [0.3, 0.4) is 0 Å². The molecule has 10 heteroatoms. The second kappa shape index (κ2) is 7.47. The molecule has 0 aliphatic carbocycles. The van der Waals surface area contributed by atoms with Crippen LogP contribution in [-0.2, 0) is 23.3 Å². The molecule has 0 rings (SSSR count). The van der Waals surface area contributed by atoms with Crippen molar-refractivity contribution in [3.05, 3.63) is 0 Å². The molecule has 0 atom stereocenters. The normalized spacial score (nSPS) is 9.31. The van der Waals surface area contributed by atoms with Crippen molar-refractivity contribution in [2.75, 3.05) is 0 Å². The lowest BCUT2D eigenvalue weighted by molar-refractivity contribution is -0.170. The first-order valence-corrected chi connectivity index (χ1v) is 4.40. The summed E-state index contributed by atoms with van der Waals surface area (Å²) >= 11 is 0. The van der Waals surface area contributed by atoms with Gasteiger partial charge in [0.1, 0.15) is 0 Å². The Morgan fingerprint density at radius 2 is 1.19 bits per heavy atom. The van der Waals surface area contributed by atoms with Crippen molar-refractivity contribution in [2.45, 2.75) is 18.4 Å². The van der Waals surface area contributed by atoms with Crippen molar-refractivity contribution in [2.24, 2.45) is 0 Å². The van der Waals surface area contributed by atoms with Gasteiger partial charge < -0.3 is 20.4 Å². The van der Waals surface area contributed by atoms with Crippen molar-refractivity contribution < 1.29 is 43.7 Å². The lowest BCUT2D eigenvalue weighted by Gasteiger charge is -2.18. The van der Waals surface area contributed by atoms with Gasteiger partial charge in [0, 0.05) is 0 Å². The van der Waals surface area contributed by atoms with Gasteiger partial charge in [-0.1, -0.05) is 0 Å². The Morgan fingerprint density at radius 3 is 1.31 bits per heavy atom. The first kappa shape index (κ1) is 16.6. The Kier molecular flexibility index (Phi) is 7.76. The van der Waals surface area contributed by atoms with E-state index in [1.54, 1.807) is 0 Å². The summed E-state index contributed by atoms with van der Waals surface area (Å²) < 4.78 is 16.8. The number of carboxylic acids is 3. The van der Waals surface area contributed by atoms with E-state index in [2.05, 4.69) is 0 Å². The molecule has 4 N–H and O–H groups in total. The molecule has 0 saturated heterocycles. The van der Waals surface area contributed by atoms with Crippen LogP contribution in [0.25, 0.3) is 0 Å². The van der Waals surface area contributed by atoms with Crippen LogP contribution in [0, 0.1) is 0 Å². The van der Waals surface area contributed by atoms with E-state index >= 15 is 0 Å². The van der Waals surface area contributed by atoms with Crippen LogP contribution in [0.15, 0.2) is 0 Å². The monoisotopic (exact) mass is 252 g/mol. The molecular weight excluding hydrogens is 244 g/mol. The number of aliphatic carboxylic acids is 3. The highest BCUT2D eigenvalue weighted by Gasteiger charge is 2.40. The number of carbonyl (C=O) groups is 3. The highest BCUT2D eigenvalue weighted by Crippen LogP contribution is 2.15. The minimum Gasteiger partial charge on any atom is -0.481 e. The summed E-state index contributed by atoms with van der Waals surface area (Å²) in [5.74, 6) is -5.02. The Bertz CT molecular complexity index is 300. The number of hydrogen-bond donors (Lipinski definition) is 4. The van der Waals surface area contributed by atoms with Gasteiger partial charge in [0.05, 0.1) is 12.8 Å². The summed E-state index contributed by atoms with van der Waals surface area (Å²) in [5.41, 5.74) is -2.74. The fraction of sp³-hybridized carbons (Fsp3) is 0.500. The summed E-state index contributed by atoms with van der Waals surface area (Å²) in [4.78, 5) is 30.5. The highest BCUT2D eigenvalue weighted by molar-refractivity contribution is 5.94. The molecule has 0 aromatic carbocycles. The number of aliphatic hydroxyl groups is 1. The predicted molar refractivity (Wildman–Crippen MR) is 44.2 cm³/mol. The van der Waals surface area contributed by atoms with Gasteiger partial charge in [0.15, 0.2) is 5.60 Å². The number of hydrogen-bond acceptors (Lipinski definition) is 6. The highest BCUT2D eigenvalue weighted by atomic mass is 28.2. The minimum atomic E-state index is -2.74. The van der Waals surface area contributed by atoms with Crippen LogP contribution in [0.5, 0.6) is 0 Å². The second-order valence-corrected chi connectivity index (χ2v) is 2.73. The van der Waals surface area contributed by atoms with E-state index in [1.165, 1.54) is 0 Å². The standard InChI is InChI=1S/C6H8O7.O2Si/c7-3(8)1-6(13,5(11)12)2-4(9)10;1-3-2/h13H,1-2H2,(H,7,8)(H,9,10)(H,11,12);. The third kappa shape index (κ3) is 7.58. The molecule has 0 aromatic rings. The quantitative estimate of drug-likeness (QED) is 0.410. The van der Waals surface area contributed by atoms with E-state index in [4.69, 9.17) is 29.4 Å². The van der Waals surface area contributed by atoms with Crippen LogP contribution in [0.2, 0.25) is 0 Å². The molecule has 0 aliphatic rings. The molecule has 90 valence electrons. The summed E-state index contributed by atoms with van der Waals surface area (Å²) in [7, 11) is -1.42. The van der Waals surface area contributed by atoms with Gasteiger partial charge in [-0.3, -0.25) is 18.5 Å². The Balaban J connectivity index is 0. The van der Waals surface area contributed by atoms with Crippen molar-refractivity contribution in [1.82, 2.24) is 0 Å². The molecule has 9 nitrogen and oxygen atoms in total. The van der Waals surface area contributed by atoms with Crippen LogP contribution in [0.1, 0.15) is 12.8 Å². The largest absolute Gasteiger partial charge is 0.549 e. The van der Waals surface area contributed by atoms with E-state index in [0.29, 0.717) is 0 Å². The lowest BCUT2D eigenvalue weighted by atomic mass is 9.96. The van der Waals surface area contributed by atoms with Crippen LogP contribution < -0.4 is 0 Å². The van der Waals surface area contributed by atoms with E-state index in [1.807, 2.05) is 0 Å². The van der Waals surface area contributed by atoms with Crippen molar-refractivity contribution in [1.29, 1.82) is 0 Å². The maximum Gasteiger partial charge on any atom is 0.549 e. The molecule has 0 bridgehead atoms. The van der Waals surface area contributed by atoms with Crippen molar-refractivity contribution in [3.8, 4) is 0 Å². The number of carboxylic acid groups (broad SMARTS) is 3. The molecule has 0 aliphatic heterocycles. The third-order valence-electron chi connectivity index (χ3n) is 1.29. The molecule has 0 saturated carbocycles. The van der Waals surface area contributed by atoms with Crippen LogP contribution in [0.4, 0.5) is 0 Å². The SMILES string of the molecule is O=C(O)CC(O)(CC(=O)O)C(=O)O.O=[Si]=O. The third-order valence-corrected chi connectivity index (χ3v) is 1.29. The maximum absolute atomic E-state index is 10.3. The molecule has 0 amide bonds. The van der Waals surface area contributed by atoms with E-state index < -0.39 is 45.6 Å². The predicted octanol–water partition coefficient (Wildman–Crippen LogP) is -1.87. The molecule has 0 fully saturated rings. The first-order chi connectivity index (χ1) is 7.19. The second-order valence-electron chi connectivity index (χ2n) is 2.56. The average molecular weight is 252 g/mol. The molecular formula is C6H8O9Si. The zero-order valence-electron chi connectivity index (χ0n) is 7.74. The molecule has 0 spiro atoms. The fourth-order valence-corrected chi connectivity index (χ4v) is 0.714. The molecule has 0 unspecified atom stereocenters. The van der Waals surface area contributed by atoms with Gasteiger partial charge in [-0.15, -0.1) is 0 Å². The summed E-state index contributed by atoms with van der Waals surface area (Å²) in [6, 6.07) is 0. The average Bonchev–Trinajstić information content (AvgIpc) is 2.01. The Morgan fingerprint density at radius 1 is 0.938 bits per heavy atom. The van der Waals surface area contributed by atoms with Crippen molar-refractivity contribution in [3.63, 3.8) is 0 Å². The summed E-state index contributed by atoms with van der Waals surface area (Å²) in [6.45, 7) is 0. The molecule has 0 heterocycles. The van der Waals surface area contributed by atoms with Gasteiger partial charge in [-0.05, 0) is 0 Å². The Hall–Kier alpha value is -1.81. The first-order valence-electron chi connectivity index (χ1n) is 3.58. The maximum atomic E-state index is 10.3. The summed E-state index contributed by atoms with van der Waals surface area (Å²) in [6.07, 6.45) is -2.29. The van der Waals surface area contributed by atoms with E-state index in [0.717, 1.165) is 0 Å². The van der Waals surface area contributed by atoms with E-state index in [9.17, 15) is 14.4 Å². The molecule has 16 heavy (non-hydrogen) atoms.